The maximum Gasteiger partial charge on any atom is 0.139 e. The molecule has 0 spiro atoms. The topological polar surface area (TPSA) is 37.3 Å². The maximum atomic E-state index is 12.3. The molecule has 2 fully saturated rings. The summed E-state index contributed by atoms with van der Waals surface area (Å²) in [6, 6.07) is 3.76. The van der Waals surface area contributed by atoms with E-state index in [1.54, 1.807) is 0 Å². The van der Waals surface area contributed by atoms with E-state index in [0.717, 1.165) is 25.7 Å². The Kier molecular flexibility index (Phi) is 2.64. The number of phenols is 1. The quantitative estimate of drug-likeness (QED) is 0.774. The van der Waals surface area contributed by atoms with Crippen LogP contribution in [0.25, 0.3) is 6.08 Å². The minimum Gasteiger partial charge on any atom is -0.508 e. The fourth-order valence-electron chi connectivity index (χ4n) is 5.24. The van der Waals surface area contributed by atoms with E-state index in [9.17, 15) is 9.90 Å². The van der Waals surface area contributed by atoms with Crippen LogP contribution in [0.15, 0.2) is 18.2 Å². The van der Waals surface area contributed by atoms with Gasteiger partial charge in [-0.25, -0.2) is 0 Å². The second-order valence-corrected chi connectivity index (χ2v) is 7.33. The van der Waals surface area contributed by atoms with Crippen molar-refractivity contribution in [3.05, 3.63) is 34.9 Å². The third kappa shape index (κ3) is 1.68. The van der Waals surface area contributed by atoms with E-state index in [-0.39, 0.29) is 5.41 Å². The minimum absolute atomic E-state index is 0.0895. The van der Waals surface area contributed by atoms with Crippen LogP contribution in [0.2, 0.25) is 0 Å². The van der Waals surface area contributed by atoms with Crippen molar-refractivity contribution in [3.8, 4) is 5.75 Å². The molecule has 1 aromatic rings. The van der Waals surface area contributed by atoms with Crippen molar-refractivity contribution >= 4 is 11.9 Å². The molecule has 0 aliphatic heterocycles. The Balaban J connectivity index is 1.80. The molecule has 3 aliphatic carbocycles. The van der Waals surface area contributed by atoms with E-state index in [0.29, 0.717) is 29.3 Å². The highest BCUT2D eigenvalue weighted by Gasteiger charge is 2.53. The largest absolute Gasteiger partial charge is 0.508 e. The predicted molar refractivity (Wildman–Crippen MR) is 83.2 cm³/mol. The molecule has 0 heterocycles. The summed E-state index contributed by atoms with van der Waals surface area (Å²) in [4.78, 5) is 12.3. The van der Waals surface area contributed by atoms with Gasteiger partial charge in [-0.15, -0.1) is 0 Å². The van der Waals surface area contributed by atoms with Gasteiger partial charge in [0.25, 0.3) is 0 Å². The molecule has 0 bridgehead atoms. The average Bonchev–Trinajstić information content (AvgIpc) is 2.74. The number of carbonyl (C=O) groups excluding carboxylic acids is 1. The van der Waals surface area contributed by atoms with E-state index in [1.165, 1.54) is 16.7 Å². The van der Waals surface area contributed by atoms with Gasteiger partial charge in [-0.1, -0.05) is 19.1 Å². The first-order valence-corrected chi connectivity index (χ1v) is 8.06. The van der Waals surface area contributed by atoms with Crippen molar-refractivity contribution in [1.82, 2.24) is 0 Å². The second-order valence-electron chi connectivity index (χ2n) is 7.33. The number of hydrogen-bond acceptors (Lipinski definition) is 2. The molecule has 3 aliphatic rings. The Morgan fingerprint density at radius 1 is 1.29 bits per heavy atom. The molecule has 0 aromatic heterocycles. The van der Waals surface area contributed by atoms with Crippen LogP contribution in [0, 0.1) is 24.2 Å². The van der Waals surface area contributed by atoms with Crippen molar-refractivity contribution in [1.29, 1.82) is 0 Å². The van der Waals surface area contributed by atoms with E-state index in [4.69, 9.17) is 0 Å². The summed E-state index contributed by atoms with van der Waals surface area (Å²) >= 11 is 0. The minimum atomic E-state index is -0.0895. The molecule has 21 heavy (non-hydrogen) atoms. The van der Waals surface area contributed by atoms with Gasteiger partial charge in [-0.3, -0.25) is 4.79 Å². The van der Waals surface area contributed by atoms with Crippen LogP contribution in [0.1, 0.15) is 55.2 Å². The molecule has 0 radical (unpaired) electrons. The van der Waals surface area contributed by atoms with Gasteiger partial charge in [0, 0.05) is 11.8 Å². The lowest BCUT2D eigenvalue weighted by Crippen LogP contribution is -2.41. The molecule has 1 N–H and O–H groups in total. The summed E-state index contributed by atoms with van der Waals surface area (Å²) in [5.74, 6) is 2.35. The Morgan fingerprint density at radius 2 is 2.10 bits per heavy atom. The SMILES string of the molecule is Cc1cc(O)cc2c1C1CC[C@]3(C)C(=O)CCC3C1C=C2. The Hall–Kier alpha value is -1.57. The van der Waals surface area contributed by atoms with Gasteiger partial charge in [0.15, 0.2) is 0 Å². The summed E-state index contributed by atoms with van der Waals surface area (Å²) in [7, 11) is 0. The van der Waals surface area contributed by atoms with E-state index in [2.05, 4.69) is 26.0 Å². The standard InChI is InChI=1S/C19H22O2/c1-11-9-13(20)10-12-3-4-14-15(18(11)12)7-8-19(2)16(14)5-6-17(19)21/h3-4,9-10,14-16,20H,5-8H2,1-2H3/t14?,15?,16?,19-/m0/s1. The zero-order chi connectivity index (χ0) is 14.8. The Morgan fingerprint density at radius 3 is 2.90 bits per heavy atom. The van der Waals surface area contributed by atoms with E-state index in [1.807, 2.05) is 12.1 Å². The van der Waals surface area contributed by atoms with Gasteiger partial charge in [0.05, 0.1) is 0 Å². The summed E-state index contributed by atoms with van der Waals surface area (Å²) in [5, 5.41) is 9.81. The number of Topliss-reactive ketones (excluding diaryl/α,β-unsaturated/α-hetero) is 1. The number of phenolic OH excluding ortho intramolecular Hbond substituents is 1. The molecule has 0 amide bonds. The first-order chi connectivity index (χ1) is 10.0. The van der Waals surface area contributed by atoms with Gasteiger partial charge < -0.3 is 5.11 Å². The Bertz CT molecular complexity index is 658. The van der Waals surface area contributed by atoms with Crippen LogP contribution in [0.3, 0.4) is 0 Å². The molecule has 0 saturated heterocycles. The zero-order valence-electron chi connectivity index (χ0n) is 12.7. The lowest BCUT2D eigenvalue weighted by atomic mass is 9.57. The third-order valence-corrected chi connectivity index (χ3v) is 6.31. The highest BCUT2D eigenvalue weighted by Crippen LogP contribution is 2.59. The number of aryl methyl sites for hydroxylation is 1. The highest BCUT2D eigenvalue weighted by atomic mass is 16.3. The molecular formula is C19H22O2. The molecule has 4 atom stereocenters. The molecule has 2 nitrogen and oxygen atoms in total. The van der Waals surface area contributed by atoms with Crippen LogP contribution in [-0.4, -0.2) is 10.9 Å². The number of hydrogen-bond donors (Lipinski definition) is 1. The van der Waals surface area contributed by atoms with Crippen molar-refractivity contribution in [2.24, 2.45) is 17.3 Å². The fourth-order valence-corrected chi connectivity index (χ4v) is 5.24. The molecular weight excluding hydrogens is 260 g/mol. The molecule has 4 rings (SSSR count). The van der Waals surface area contributed by atoms with E-state index >= 15 is 0 Å². The van der Waals surface area contributed by atoms with Crippen molar-refractivity contribution < 1.29 is 9.90 Å². The first kappa shape index (κ1) is 13.1. The van der Waals surface area contributed by atoms with Crippen LogP contribution >= 0.6 is 0 Å². The highest BCUT2D eigenvalue weighted by molar-refractivity contribution is 5.87. The van der Waals surface area contributed by atoms with Crippen LogP contribution in [0.5, 0.6) is 5.75 Å². The van der Waals surface area contributed by atoms with Gasteiger partial charge in [-0.05, 0) is 72.8 Å². The number of fused-ring (bicyclic) bond motifs is 5. The number of carbonyl (C=O) groups is 1. The number of benzene rings is 1. The van der Waals surface area contributed by atoms with Gasteiger partial charge >= 0.3 is 0 Å². The summed E-state index contributed by atoms with van der Waals surface area (Å²) in [6.07, 6.45) is 8.40. The lowest BCUT2D eigenvalue weighted by Gasteiger charge is -2.46. The summed E-state index contributed by atoms with van der Waals surface area (Å²) in [5.41, 5.74) is 3.68. The van der Waals surface area contributed by atoms with Crippen LogP contribution in [-0.2, 0) is 4.79 Å². The van der Waals surface area contributed by atoms with Crippen LogP contribution < -0.4 is 0 Å². The number of aromatic hydroxyl groups is 1. The van der Waals surface area contributed by atoms with Crippen molar-refractivity contribution in [3.63, 3.8) is 0 Å². The van der Waals surface area contributed by atoms with Crippen molar-refractivity contribution in [2.75, 3.05) is 0 Å². The van der Waals surface area contributed by atoms with Gasteiger partial charge in [0.2, 0.25) is 0 Å². The number of rotatable bonds is 0. The van der Waals surface area contributed by atoms with Crippen LogP contribution in [0.4, 0.5) is 0 Å². The van der Waals surface area contributed by atoms with Gasteiger partial charge in [0.1, 0.15) is 11.5 Å². The normalized spacial score (nSPS) is 37.0. The molecule has 1 aromatic carbocycles. The number of ketones is 1. The average molecular weight is 282 g/mol. The lowest BCUT2D eigenvalue weighted by molar-refractivity contribution is -0.128. The molecule has 2 saturated carbocycles. The molecule has 2 heteroatoms. The van der Waals surface area contributed by atoms with Crippen molar-refractivity contribution in [2.45, 2.75) is 45.4 Å². The third-order valence-electron chi connectivity index (χ3n) is 6.31. The molecule has 3 unspecified atom stereocenters. The predicted octanol–water partition coefficient (Wildman–Crippen LogP) is 4.21. The zero-order valence-corrected chi connectivity index (χ0v) is 12.7. The molecule has 110 valence electrons. The summed E-state index contributed by atoms with van der Waals surface area (Å²) < 4.78 is 0. The van der Waals surface area contributed by atoms with E-state index < -0.39 is 0 Å². The fraction of sp³-hybridized carbons (Fsp3) is 0.526. The second kappa shape index (κ2) is 4.22. The summed E-state index contributed by atoms with van der Waals surface area (Å²) in [6.45, 7) is 4.29. The van der Waals surface area contributed by atoms with Gasteiger partial charge in [-0.2, -0.15) is 0 Å². The Labute approximate surface area is 125 Å². The number of allylic oxidation sites excluding steroid dienone is 1. The maximum absolute atomic E-state index is 12.3. The monoisotopic (exact) mass is 282 g/mol. The smallest absolute Gasteiger partial charge is 0.139 e. The first-order valence-electron chi connectivity index (χ1n) is 8.06.